The number of para-hydroxylation sites is 1. The Bertz CT molecular complexity index is 974. The van der Waals surface area contributed by atoms with Crippen molar-refractivity contribution < 1.29 is 0 Å². The predicted octanol–water partition coefficient (Wildman–Crippen LogP) is 3.13. The molecular formula is C20H21N5O. The van der Waals surface area contributed by atoms with Gasteiger partial charge >= 0.3 is 0 Å². The number of hydrazone groups is 1. The lowest BCUT2D eigenvalue weighted by Gasteiger charge is -2.28. The predicted molar refractivity (Wildman–Crippen MR) is 105 cm³/mol. The molecule has 0 unspecified atom stereocenters. The second-order valence-corrected chi connectivity index (χ2v) is 6.37. The van der Waals surface area contributed by atoms with Crippen LogP contribution in [0.3, 0.4) is 0 Å². The molecule has 1 saturated heterocycles. The minimum Gasteiger partial charge on any atom is -0.356 e. The quantitative estimate of drug-likeness (QED) is 0.582. The molecule has 0 radical (unpaired) electrons. The van der Waals surface area contributed by atoms with Gasteiger partial charge < -0.3 is 4.90 Å². The van der Waals surface area contributed by atoms with Crippen LogP contribution in [0, 0.1) is 0 Å². The van der Waals surface area contributed by atoms with Gasteiger partial charge in [-0.15, -0.1) is 0 Å². The highest BCUT2D eigenvalue weighted by Gasteiger charge is 2.19. The minimum atomic E-state index is -0.102. The van der Waals surface area contributed by atoms with E-state index in [1.807, 2.05) is 48.5 Å². The van der Waals surface area contributed by atoms with Crippen LogP contribution in [0.25, 0.3) is 5.65 Å². The number of rotatable bonds is 4. The Labute approximate surface area is 151 Å². The summed E-state index contributed by atoms with van der Waals surface area (Å²) >= 11 is 0. The Morgan fingerprint density at radius 2 is 1.77 bits per heavy atom. The zero-order chi connectivity index (χ0) is 17.8. The van der Waals surface area contributed by atoms with E-state index >= 15 is 0 Å². The molecule has 0 bridgehead atoms. The first-order valence-electron chi connectivity index (χ1n) is 8.93. The number of nitrogens with zero attached hydrogens (tertiary/aromatic N) is 4. The molecule has 1 aliphatic rings. The van der Waals surface area contributed by atoms with Crippen LogP contribution in [0.5, 0.6) is 0 Å². The zero-order valence-electron chi connectivity index (χ0n) is 14.5. The van der Waals surface area contributed by atoms with Crippen LogP contribution in [0.4, 0.5) is 11.5 Å². The lowest BCUT2D eigenvalue weighted by molar-refractivity contribution is 0.573. The van der Waals surface area contributed by atoms with E-state index in [0.29, 0.717) is 11.2 Å². The van der Waals surface area contributed by atoms with Gasteiger partial charge in [0.15, 0.2) is 0 Å². The normalized spacial score (nSPS) is 14.8. The molecule has 3 aromatic rings. The van der Waals surface area contributed by atoms with E-state index in [-0.39, 0.29) is 5.56 Å². The van der Waals surface area contributed by atoms with Gasteiger partial charge in [-0.3, -0.25) is 14.6 Å². The molecule has 6 heteroatoms. The van der Waals surface area contributed by atoms with Gasteiger partial charge in [-0.2, -0.15) is 5.10 Å². The molecule has 1 aliphatic heterocycles. The average Bonchev–Trinajstić information content (AvgIpc) is 2.71. The number of hydrogen-bond acceptors (Lipinski definition) is 5. The molecular weight excluding hydrogens is 326 g/mol. The highest BCUT2D eigenvalue weighted by molar-refractivity contribution is 5.87. The van der Waals surface area contributed by atoms with E-state index in [4.69, 9.17) is 4.98 Å². The summed E-state index contributed by atoms with van der Waals surface area (Å²) in [6.45, 7) is 1.84. The minimum absolute atomic E-state index is 0.102. The Kier molecular flexibility index (Phi) is 4.64. The molecule has 1 N–H and O–H groups in total. The van der Waals surface area contributed by atoms with Crippen molar-refractivity contribution in [2.24, 2.45) is 5.10 Å². The molecule has 0 amide bonds. The molecule has 4 rings (SSSR count). The van der Waals surface area contributed by atoms with Crippen molar-refractivity contribution >= 4 is 23.4 Å². The van der Waals surface area contributed by atoms with Crippen LogP contribution in [0.1, 0.15) is 24.8 Å². The lowest BCUT2D eigenvalue weighted by atomic mass is 10.1. The second kappa shape index (κ2) is 7.39. The maximum Gasteiger partial charge on any atom is 0.268 e. The average molecular weight is 347 g/mol. The summed E-state index contributed by atoms with van der Waals surface area (Å²) in [6, 6.07) is 15.3. The molecule has 6 nitrogen and oxygen atoms in total. The molecule has 1 aromatic carbocycles. The number of pyridine rings is 1. The van der Waals surface area contributed by atoms with E-state index < -0.39 is 0 Å². The van der Waals surface area contributed by atoms with Gasteiger partial charge in [0, 0.05) is 19.3 Å². The topological polar surface area (TPSA) is 62.0 Å². The maximum atomic E-state index is 13.0. The molecule has 0 spiro atoms. The molecule has 0 saturated carbocycles. The second-order valence-electron chi connectivity index (χ2n) is 6.37. The van der Waals surface area contributed by atoms with Gasteiger partial charge in [0.1, 0.15) is 17.0 Å². The Hall–Kier alpha value is -3.15. The Morgan fingerprint density at radius 3 is 2.58 bits per heavy atom. The van der Waals surface area contributed by atoms with Crippen LogP contribution >= 0.6 is 0 Å². The summed E-state index contributed by atoms with van der Waals surface area (Å²) < 4.78 is 1.57. The van der Waals surface area contributed by atoms with E-state index in [0.717, 1.165) is 37.4 Å². The maximum absolute atomic E-state index is 13.0. The van der Waals surface area contributed by atoms with Crippen molar-refractivity contribution in [2.75, 3.05) is 23.4 Å². The highest BCUT2D eigenvalue weighted by atomic mass is 16.1. The van der Waals surface area contributed by atoms with Crippen LogP contribution in [-0.4, -0.2) is 28.7 Å². The van der Waals surface area contributed by atoms with Gasteiger partial charge in [0.2, 0.25) is 0 Å². The Morgan fingerprint density at radius 1 is 1.00 bits per heavy atom. The Balaban J connectivity index is 1.75. The molecule has 132 valence electrons. The molecule has 2 aromatic heterocycles. The van der Waals surface area contributed by atoms with Crippen molar-refractivity contribution in [1.29, 1.82) is 0 Å². The van der Waals surface area contributed by atoms with Gasteiger partial charge in [-0.1, -0.05) is 24.3 Å². The van der Waals surface area contributed by atoms with Gasteiger partial charge in [-0.25, -0.2) is 4.98 Å². The van der Waals surface area contributed by atoms with Crippen molar-refractivity contribution in [3.8, 4) is 0 Å². The molecule has 26 heavy (non-hydrogen) atoms. The fourth-order valence-corrected chi connectivity index (χ4v) is 3.23. The first kappa shape index (κ1) is 16.3. The van der Waals surface area contributed by atoms with Crippen molar-refractivity contribution in [3.63, 3.8) is 0 Å². The third kappa shape index (κ3) is 3.31. The third-order valence-electron chi connectivity index (χ3n) is 4.57. The van der Waals surface area contributed by atoms with Crippen LogP contribution in [0.15, 0.2) is 64.6 Å². The fraction of sp³-hybridized carbons (Fsp3) is 0.250. The third-order valence-corrected chi connectivity index (χ3v) is 4.57. The van der Waals surface area contributed by atoms with Crippen LogP contribution < -0.4 is 15.9 Å². The van der Waals surface area contributed by atoms with E-state index in [9.17, 15) is 4.79 Å². The monoisotopic (exact) mass is 347 g/mol. The highest BCUT2D eigenvalue weighted by Crippen LogP contribution is 2.20. The lowest BCUT2D eigenvalue weighted by Crippen LogP contribution is -2.34. The SMILES string of the molecule is O=c1c(/C=N/Nc2ccccc2)c(N2CCCCC2)nc2ccccn12. The van der Waals surface area contributed by atoms with E-state index in [2.05, 4.69) is 15.4 Å². The van der Waals surface area contributed by atoms with E-state index in [1.165, 1.54) is 6.42 Å². The number of hydrogen-bond donors (Lipinski definition) is 1. The molecule has 3 heterocycles. The first-order valence-corrected chi connectivity index (χ1v) is 8.93. The number of aromatic nitrogens is 2. The summed E-state index contributed by atoms with van der Waals surface area (Å²) in [5, 5.41) is 4.28. The number of nitrogens with one attached hydrogen (secondary N) is 1. The summed E-state index contributed by atoms with van der Waals surface area (Å²) in [5.41, 5.74) is 4.92. The van der Waals surface area contributed by atoms with Crippen molar-refractivity contribution in [1.82, 2.24) is 9.38 Å². The summed E-state index contributed by atoms with van der Waals surface area (Å²) in [7, 11) is 0. The van der Waals surface area contributed by atoms with Gasteiger partial charge in [0.05, 0.1) is 11.9 Å². The van der Waals surface area contributed by atoms with Crippen LogP contribution in [0.2, 0.25) is 0 Å². The molecule has 0 atom stereocenters. The zero-order valence-corrected chi connectivity index (χ0v) is 14.5. The summed E-state index contributed by atoms with van der Waals surface area (Å²) in [4.78, 5) is 20.0. The standard InChI is InChI=1S/C20H21N5O/c26-20-17(15-21-23-16-9-3-1-4-10-16)19(24-12-6-2-7-13-24)22-18-11-5-8-14-25(18)20/h1,3-5,8-11,14-15,23H,2,6-7,12-13H2/b21-15+. The number of fused-ring (bicyclic) bond motifs is 1. The van der Waals surface area contributed by atoms with Crippen molar-refractivity contribution in [3.05, 3.63) is 70.6 Å². The smallest absolute Gasteiger partial charge is 0.268 e. The molecule has 0 aliphatic carbocycles. The van der Waals surface area contributed by atoms with Gasteiger partial charge in [0.25, 0.3) is 5.56 Å². The van der Waals surface area contributed by atoms with Crippen molar-refractivity contribution in [2.45, 2.75) is 19.3 Å². The number of piperidine rings is 1. The first-order chi connectivity index (χ1) is 12.8. The number of benzene rings is 1. The fourth-order valence-electron chi connectivity index (χ4n) is 3.23. The van der Waals surface area contributed by atoms with E-state index in [1.54, 1.807) is 16.8 Å². The summed E-state index contributed by atoms with van der Waals surface area (Å²) in [6.07, 6.45) is 6.80. The largest absolute Gasteiger partial charge is 0.356 e. The summed E-state index contributed by atoms with van der Waals surface area (Å²) in [5.74, 6) is 0.722. The molecule has 1 fully saturated rings. The van der Waals surface area contributed by atoms with Crippen LogP contribution in [-0.2, 0) is 0 Å². The number of anilines is 2. The van der Waals surface area contributed by atoms with Gasteiger partial charge in [-0.05, 0) is 43.5 Å².